The number of fused-ring (bicyclic) bond motifs is 1. The molecule has 0 spiro atoms. The molecule has 1 saturated carbocycles. The molecular formula is C31H35N5O4. The molecule has 0 bridgehead atoms. The minimum atomic E-state index is -1.01. The number of rotatable bonds is 10. The Kier molecular flexibility index (Phi) is 8.28. The second-order valence-electron chi connectivity index (χ2n) is 9.96. The SMILES string of the molecule is CCc1ccccc1N(C(=O)Cn1nnc2ccccc21)[C@@H](C(=O)NC1CCCC1)c1cccc(OC)c1OC. The number of amides is 2. The first kappa shape index (κ1) is 27.2. The van der Waals surface area contributed by atoms with Gasteiger partial charge in [0.05, 0.1) is 19.7 Å². The molecule has 1 aliphatic carbocycles. The number of aromatic nitrogens is 3. The van der Waals surface area contributed by atoms with E-state index in [2.05, 4.69) is 15.6 Å². The van der Waals surface area contributed by atoms with E-state index in [9.17, 15) is 9.59 Å². The van der Waals surface area contributed by atoms with Gasteiger partial charge >= 0.3 is 0 Å². The molecule has 0 unspecified atom stereocenters. The summed E-state index contributed by atoms with van der Waals surface area (Å²) in [6.07, 6.45) is 4.65. The average Bonchev–Trinajstić information content (AvgIpc) is 3.65. The van der Waals surface area contributed by atoms with Crippen molar-refractivity contribution in [3.05, 3.63) is 77.9 Å². The molecule has 2 amide bonds. The number of ether oxygens (including phenoxy) is 2. The lowest BCUT2D eigenvalue weighted by Crippen LogP contribution is -2.47. The number of methoxy groups -OCH3 is 2. The van der Waals surface area contributed by atoms with Gasteiger partial charge in [0.2, 0.25) is 11.8 Å². The van der Waals surface area contributed by atoms with Gasteiger partial charge in [0, 0.05) is 17.3 Å². The van der Waals surface area contributed by atoms with Gasteiger partial charge in [0.1, 0.15) is 18.1 Å². The topological polar surface area (TPSA) is 98.6 Å². The van der Waals surface area contributed by atoms with Crippen LogP contribution in [0.4, 0.5) is 5.69 Å². The number of hydrogen-bond donors (Lipinski definition) is 1. The summed E-state index contributed by atoms with van der Waals surface area (Å²) in [5.74, 6) is 0.334. The summed E-state index contributed by atoms with van der Waals surface area (Å²) in [5.41, 5.74) is 3.59. The third-order valence-electron chi connectivity index (χ3n) is 7.54. The summed E-state index contributed by atoms with van der Waals surface area (Å²) >= 11 is 0. The van der Waals surface area contributed by atoms with Gasteiger partial charge < -0.3 is 14.8 Å². The minimum Gasteiger partial charge on any atom is -0.493 e. The van der Waals surface area contributed by atoms with Gasteiger partial charge in [0.15, 0.2) is 11.5 Å². The fourth-order valence-electron chi connectivity index (χ4n) is 5.58. The van der Waals surface area contributed by atoms with Crippen molar-refractivity contribution in [3.63, 3.8) is 0 Å². The van der Waals surface area contributed by atoms with Gasteiger partial charge in [-0.05, 0) is 49.1 Å². The van der Waals surface area contributed by atoms with Crippen LogP contribution in [0.25, 0.3) is 11.0 Å². The second kappa shape index (κ2) is 12.2. The zero-order valence-corrected chi connectivity index (χ0v) is 23.2. The third-order valence-corrected chi connectivity index (χ3v) is 7.54. The van der Waals surface area contributed by atoms with Crippen molar-refractivity contribution >= 4 is 28.5 Å². The fourth-order valence-corrected chi connectivity index (χ4v) is 5.58. The summed E-state index contributed by atoms with van der Waals surface area (Å²) in [6.45, 7) is 1.93. The van der Waals surface area contributed by atoms with Crippen molar-refractivity contribution in [3.8, 4) is 11.5 Å². The first-order valence-electron chi connectivity index (χ1n) is 13.7. The van der Waals surface area contributed by atoms with Crippen molar-refractivity contribution in [1.29, 1.82) is 0 Å². The van der Waals surface area contributed by atoms with Crippen molar-refractivity contribution in [1.82, 2.24) is 20.3 Å². The molecule has 9 nitrogen and oxygen atoms in total. The molecular weight excluding hydrogens is 506 g/mol. The van der Waals surface area contributed by atoms with Gasteiger partial charge in [-0.15, -0.1) is 5.10 Å². The first-order chi connectivity index (χ1) is 19.5. The molecule has 1 fully saturated rings. The number of carbonyl (C=O) groups excluding carboxylic acids is 2. The number of nitrogens with one attached hydrogen (secondary N) is 1. The molecule has 0 aliphatic heterocycles. The Morgan fingerprint density at radius 1 is 1.00 bits per heavy atom. The predicted octanol–water partition coefficient (Wildman–Crippen LogP) is 4.84. The number of carbonyl (C=O) groups is 2. The molecule has 1 aliphatic rings. The zero-order chi connectivity index (χ0) is 28.1. The number of anilines is 1. The number of nitrogens with zero attached hydrogens (tertiary/aromatic N) is 4. The van der Waals surface area contributed by atoms with Crippen LogP contribution in [0.2, 0.25) is 0 Å². The maximum atomic E-state index is 14.4. The van der Waals surface area contributed by atoms with E-state index in [1.165, 1.54) is 0 Å². The van der Waals surface area contributed by atoms with E-state index < -0.39 is 6.04 Å². The summed E-state index contributed by atoms with van der Waals surface area (Å²) in [4.78, 5) is 30.3. The average molecular weight is 542 g/mol. The van der Waals surface area contributed by atoms with Crippen LogP contribution in [0.5, 0.6) is 11.5 Å². The van der Waals surface area contributed by atoms with Crippen molar-refractivity contribution in [2.45, 2.75) is 57.7 Å². The van der Waals surface area contributed by atoms with E-state index in [-0.39, 0.29) is 24.4 Å². The molecule has 208 valence electrons. The number of para-hydroxylation sites is 3. The lowest BCUT2D eigenvalue weighted by Gasteiger charge is -2.34. The molecule has 0 saturated heterocycles. The smallest absolute Gasteiger partial charge is 0.249 e. The van der Waals surface area contributed by atoms with Crippen LogP contribution in [0.15, 0.2) is 66.7 Å². The number of aryl methyl sites for hydroxylation is 1. The highest BCUT2D eigenvalue weighted by Gasteiger charge is 2.37. The maximum Gasteiger partial charge on any atom is 0.249 e. The zero-order valence-electron chi connectivity index (χ0n) is 23.2. The van der Waals surface area contributed by atoms with Crippen LogP contribution in [0.1, 0.15) is 49.8 Å². The molecule has 1 aromatic heterocycles. The standard InChI is InChI=1S/C31H35N5O4/c1-4-21-12-5-9-17-25(21)36(28(37)20-35-26-18-10-8-16-24(26)33-34-35)29(31(38)32-22-13-6-7-14-22)23-15-11-19-27(39-2)30(23)40-3/h5,8-12,15-19,22,29H,4,6-7,13-14,20H2,1-3H3,(H,32,38)/t29-/m1/s1. The first-order valence-corrected chi connectivity index (χ1v) is 13.7. The highest BCUT2D eigenvalue weighted by atomic mass is 16.5. The van der Waals surface area contributed by atoms with Gasteiger partial charge in [-0.1, -0.05) is 67.4 Å². The van der Waals surface area contributed by atoms with Crippen LogP contribution < -0.4 is 19.7 Å². The van der Waals surface area contributed by atoms with Gasteiger partial charge in [0.25, 0.3) is 0 Å². The molecule has 3 aromatic carbocycles. The van der Waals surface area contributed by atoms with Crippen LogP contribution in [0, 0.1) is 0 Å². The van der Waals surface area contributed by atoms with E-state index in [4.69, 9.17) is 9.47 Å². The minimum absolute atomic E-state index is 0.0595. The number of benzene rings is 3. The van der Waals surface area contributed by atoms with Crippen molar-refractivity contribution in [2.75, 3.05) is 19.1 Å². The third kappa shape index (κ3) is 5.36. The Labute approximate surface area is 234 Å². The van der Waals surface area contributed by atoms with Gasteiger partial charge in [-0.25, -0.2) is 4.68 Å². The monoisotopic (exact) mass is 541 g/mol. The lowest BCUT2D eigenvalue weighted by molar-refractivity contribution is -0.127. The van der Waals surface area contributed by atoms with Crippen molar-refractivity contribution in [2.24, 2.45) is 0 Å². The quantitative estimate of drug-likeness (QED) is 0.308. The fraction of sp³-hybridized carbons (Fsp3) is 0.355. The molecule has 1 atom stereocenters. The molecule has 4 aromatic rings. The lowest BCUT2D eigenvalue weighted by atomic mass is 9.99. The predicted molar refractivity (Wildman–Crippen MR) is 154 cm³/mol. The van der Waals surface area contributed by atoms with E-state index in [1.807, 2.05) is 67.6 Å². The summed E-state index contributed by atoms with van der Waals surface area (Å²) < 4.78 is 12.9. The molecule has 1 N–H and O–H groups in total. The highest BCUT2D eigenvalue weighted by Crippen LogP contribution is 2.40. The Hall–Kier alpha value is -4.40. The Morgan fingerprint density at radius 2 is 1.75 bits per heavy atom. The van der Waals surface area contributed by atoms with Gasteiger partial charge in [-0.2, -0.15) is 0 Å². The number of hydrogen-bond acceptors (Lipinski definition) is 6. The molecule has 5 rings (SSSR count). The summed E-state index contributed by atoms with van der Waals surface area (Å²) in [5, 5.41) is 11.7. The molecule has 40 heavy (non-hydrogen) atoms. The second-order valence-corrected chi connectivity index (χ2v) is 9.96. The normalized spacial score (nSPS) is 14.2. The van der Waals surface area contributed by atoms with E-state index >= 15 is 0 Å². The molecule has 0 radical (unpaired) electrons. The highest BCUT2D eigenvalue weighted by molar-refractivity contribution is 6.02. The van der Waals surface area contributed by atoms with E-state index in [0.29, 0.717) is 34.7 Å². The Morgan fingerprint density at radius 3 is 2.50 bits per heavy atom. The largest absolute Gasteiger partial charge is 0.493 e. The van der Waals surface area contributed by atoms with Crippen molar-refractivity contribution < 1.29 is 19.1 Å². The van der Waals surface area contributed by atoms with E-state index in [1.54, 1.807) is 29.9 Å². The molecule has 9 heteroatoms. The van der Waals surface area contributed by atoms with E-state index in [0.717, 1.165) is 36.8 Å². The Bertz CT molecular complexity index is 1490. The van der Waals surface area contributed by atoms with Crippen LogP contribution in [-0.4, -0.2) is 47.1 Å². The molecule has 1 heterocycles. The Balaban J connectivity index is 1.66. The van der Waals surface area contributed by atoms with Crippen LogP contribution >= 0.6 is 0 Å². The maximum absolute atomic E-state index is 14.4. The summed E-state index contributed by atoms with van der Waals surface area (Å²) in [6, 6.07) is 19.6. The van der Waals surface area contributed by atoms with Crippen LogP contribution in [0.3, 0.4) is 0 Å². The summed E-state index contributed by atoms with van der Waals surface area (Å²) in [7, 11) is 3.10. The van der Waals surface area contributed by atoms with Gasteiger partial charge in [-0.3, -0.25) is 14.5 Å². The van der Waals surface area contributed by atoms with Crippen LogP contribution in [-0.2, 0) is 22.6 Å².